The molecule has 2 aromatic heterocycles. The number of ether oxygens (including phenoxy) is 2. The van der Waals surface area contributed by atoms with Gasteiger partial charge in [-0.1, -0.05) is 39.0 Å². The number of carbonyl (C=O) groups is 1. The van der Waals surface area contributed by atoms with Crippen LogP contribution in [-0.4, -0.2) is 22.4 Å². The molecule has 0 aliphatic rings. The molecule has 0 radical (unpaired) electrons. The minimum absolute atomic E-state index is 0.00203. The molecule has 0 aliphatic carbocycles. The molecule has 8 heteroatoms. The highest BCUT2D eigenvalue weighted by Gasteiger charge is 2.19. The van der Waals surface area contributed by atoms with E-state index in [-0.39, 0.29) is 22.4 Å². The van der Waals surface area contributed by atoms with Gasteiger partial charge in [0.2, 0.25) is 5.88 Å². The molecular weight excluding hydrogens is 480 g/mol. The summed E-state index contributed by atoms with van der Waals surface area (Å²) in [6.45, 7) is 8.17. The summed E-state index contributed by atoms with van der Waals surface area (Å²) in [7, 11) is 1.54. The third-order valence-corrected chi connectivity index (χ3v) is 5.99. The zero-order valence-corrected chi connectivity index (χ0v) is 21.9. The fraction of sp³-hybridized carbons (Fsp3) is 0.200. The molecule has 0 spiro atoms. The molecule has 8 nitrogen and oxygen atoms in total. The highest BCUT2D eigenvalue weighted by Crippen LogP contribution is 2.28. The van der Waals surface area contributed by atoms with E-state index in [9.17, 15) is 14.9 Å². The Morgan fingerprint density at radius 1 is 1.05 bits per heavy atom. The minimum atomic E-state index is -0.674. The van der Waals surface area contributed by atoms with Crippen molar-refractivity contribution in [1.82, 2.24) is 9.38 Å². The molecule has 0 aliphatic heterocycles. The quantitative estimate of drug-likeness (QED) is 0.267. The van der Waals surface area contributed by atoms with Gasteiger partial charge in [0, 0.05) is 11.9 Å². The largest absolute Gasteiger partial charge is 0.497 e. The van der Waals surface area contributed by atoms with Gasteiger partial charge in [-0.3, -0.25) is 14.0 Å². The van der Waals surface area contributed by atoms with Crippen LogP contribution in [0.25, 0.3) is 11.7 Å². The lowest BCUT2D eigenvalue weighted by atomic mass is 9.87. The number of nitrogens with zero attached hydrogens (tertiary/aromatic N) is 3. The zero-order valence-electron chi connectivity index (χ0n) is 21.9. The second kappa shape index (κ2) is 10.6. The zero-order chi connectivity index (χ0) is 27.4. The van der Waals surface area contributed by atoms with Crippen molar-refractivity contribution in [2.75, 3.05) is 12.4 Å². The number of aryl methyl sites for hydroxylation is 1. The van der Waals surface area contributed by atoms with Gasteiger partial charge in [0.05, 0.1) is 7.11 Å². The molecule has 0 atom stereocenters. The van der Waals surface area contributed by atoms with Gasteiger partial charge < -0.3 is 14.8 Å². The average Bonchev–Trinajstić information content (AvgIpc) is 2.89. The standard InChI is InChI=1S/C30H28N4O4/c1-19-7-6-16-34-26(19)33-28(38-24-12-8-21(9-13-24)30(2,3)4)25(29(34)36)17-20(18-31)27(35)32-22-10-14-23(37-5)15-11-22/h6-17H,1-5H3,(H,32,35)/b20-17+. The van der Waals surface area contributed by atoms with Gasteiger partial charge in [0.15, 0.2) is 0 Å². The van der Waals surface area contributed by atoms with Gasteiger partial charge in [0.25, 0.3) is 11.5 Å². The molecule has 0 saturated heterocycles. The van der Waals surface area contributed by atoms with Gasteiger partial charge >= 0.3 is 0 Å². The van der Waals surface area contributed by atoms with E-state index in [1.807, 2.05) is 31.2 Å². The molecular formula is C30H28N4O4. The van der Waals surface area contributed by atoms with Crippen molar-refractivity contribution < 1.29 is 14.3 Å². The van der Waals surface area contributed by atoms with Crippen LogP contribution in [-0.2, 0) is 10.2 Å². The molecule has 4 aromatic rings. The van der Waals surface area contributed by atoms with Crippen LogP contribution in [0.2, 0.25) is 0 Å². The number of nitrogens with one attached hydrogen (secondary N) is 1. The maximum Gasteiger partial charge on any atom is 0.269 e. The van der Waals surface area contributed by atoms with Crippen LogP contribution in [0.4, 0.5) is 5.69 Å². The average molecular weight is 509 g/mol. The second-order valence-electron chi connectivity index (χ2n) is 9.75. The normalized spacial score (nSPS) is 11.6. The molecule has 0 unspecified atom stereocenters. The van der Waals surface area contributed by atoms with Crippen molar-refractivity contribution in [1.29, 1.82) is 5.26 Å². The van der Waals surface area contributed by atoms with E-state index >= 15 is 0 Å². The van der Waals surface area contributed by atoms with Gasteiger partial charge in [-0.25, -0.2) is 0 Å². The predicted octanol–water partition coefficient (Wildman–Crippen LogP) is 5.65. The predicted molar refractivity (Wildman–Crippen MR) is 147 cm³/mol. The maximum absolute atomic E-state index is 13.5. The number of amides is 1. The lowest BCUT2D eigenvalue weighted by Crippen LogP contribution is -2.20. The Bertz CT molecular complexity index is 1620. The van der Waals surface area contributed by atoms with E-state index in [1.165, 1.54) is 10.5 Å². The third kappa shape index (κ3) is 5.57. The lowest BCUT2D eigenvalue weighted by Gasteiger charge is -2.19. The van der Waals surface area contributed by atoms with Crippen LogP contribution >= 0.6 is 0 Å². The summed E-state index contributed by atoms with van der Waals surface area (Å²) in [5.74, 6) is 0.422. The first-order valence-electron chi connectivity index (χ1n) is 12.0. The first-order valence-corrected chi connectivity index (χ1v) is 12.0. The summed E-state index contributed by atoms with van der Waals surface area (Å²) >= 11 is 0. The van der Waals surface area contributed by atoms with E-state index in [0.717, 1.165) is 11.1 Å². The lowest BCUT2D eigenvalue weighted by molar-refractivity contribution is -0.112. The molecule has 2 aromatic carbocycles. The fourth-order valence-electron chi connectivity index (χ4n) is 3.79. The van der Waals surface area contributed by atoms with Crippen LogP contribution in [0.3, 0.4) is 0 Å². The van der Waals surface area contributed by atoms with Gasteiger partial charge in [-0.05, 0) is 72.0 Å². The maximum atomic E-state index is 13.5. The number of pyridine rings is 1. The van der Waals surface area contributed by atoms with Crippen LogP contribution < -0.4 is 20.3 Å². The molecule has 0 fully saturated rings. The van der Waals surface area contributed by atoms with Crippen molar-refractivity contribution in [3.8, 4) is 23.4 Å². The minimum Gasteiger partial charge on any atom is -0.497 e. The number of fused-ring (bicyclic) bond motifs is 1. The Kier molecular flexibility index (Phi) is 7.31. The molecule has 38 heavy (non-hydrogen) atoms. The van der Waals surface area contributed by atoms with E-state index in [0.29, 0.717) is 22.8 Å². The molecule has 4 rings (SSSR count). The number of rotatable bonds is 6. The molecule has 1 N–H and O–H groups in total. The number of hydrogen-bond donors (Lipinski definition) is 1. The Morgan fingerprint density at radius 3 is 2.32 bits per heavy atom. The number of methoxy groups -OCH3 is 1. The molecule has 0 bridgehead atoms. The monoisotopic (exact) mass is 508 g/mol. The summed E-state index contributed by atoms with van der Waals surface area (Å²) in [6.07, 6.45) is 2.79. The van der Waals surface area contributed by atoms with E-state index < -0.39 is 11.5 Å². The topological polar surface area (TPSA) is 106 Å². The molecule has 0 saturated carbocycles. The first kappa shape index (κ1) is 26.2. The Labute approximate surface area is 220 Å². The number of nitriles is 1. The number of hydrogen-bond acceptors (Lipinski definition) is 6. The van der Waals surface area contributed by atoms with Crippen LogP contribution in [0.15, 0.2) is 77.2 Å². The van der Waals surface area contributed by atoms with E-state index in [1.54, 1.807) is 55.8 Å². The van der Waals surface area contributed by atoms with E-state index in [4.69, 9.17) is 9.47 Å². The van der Waals surface area contributed by atoms with Crippen molar-refractivity contribution in [2.45, 2.75) is 33.1 Å². The van der Waals surface area contributed by atoms with Gasteiger partial charge in [-0.15, -0.1) is 0 Å². The first-order chi connectivity index (χ1) is 18.1. The Morgan fingerprint density at radius 2 is 1.71 bits per heavy atom. The van der Waals surface area contributed by atoms with Gasteiger partial charge in [-0.2, -0.15) is 10.2 Å². The highest BCUT2D eigenvalue weighted by molar-refractivity contribution is 6.09. The Balaban J connectivity index is 1.78. The SMILES string of the molecule is COc1ccc(NC(=O)/C(C#N)=C/c2c(Oc3ccc(C(C)(C)C)cc3)nc3c(C)cccn3c2=O)cc1. The number of benzene rings is 2. The molecule has 2 heterocycles. The van der Waals surface area contributed by atoms with E-state index in [2.05, 4.69) is 31.1 Å². The summed E-state index contributed by atoms with van der Waals surface area (Å²) in [6, 6.07) is 19.6. The highest BCUT2D eigenvalue weighted by atomic mass is 16.5. The number of aromatic nitrogens is 2. The summed E-state index contributed by atoms with van der Waals surface area (Å²) < 4.78 is 12.6. The summed E-state index contributed by atoms with van der Waals surface area (Å²) in [5, 5.41) is 12.4. The van der Waals surface area contributed by atoms with Gasteiger partial charge in [0.1, 0.15) is 34.4 Å². The van der Waals surface area contributed by atoms with Crippen LogP contribution in [0.1, 0.15) is 37.5 Å². The van der Waals surface area contributed by atoms with Crippen LogP contribution in [0, 0.1) is 18.3 Å². The smallest absolute Gasteiger partial charge is 0.269 e. The summed E-state index contributed by atoms with van der Waals surface area (Å²) in [5.41, 5.74) is 1.97. The third-order valence-electron chi connectivity index (χ3n) is 5.99. The number of anilines is 1. The Hall–Kier alpha value is -4.90. The van der Waals surface area contributed by atoms with Crippen molar-refractivity contribution in [3.05, 3.63) is 99.5 Å². The summed E-state index contributed by atoms with van der Waals surface area (Å²) in [4.78, 5) is 31.0. The van der Waals surface area contributed by atoms with Crippen molar-refractivity contribution in [2.24, 2.45) is 0 Å². The fourth-order valence-corrected chi connectivity index (χ4v) is 3.79. The second-order valence-corrected chi connectivity index (χ2v) is 9.75. The van der Waals surface area contributed by atoms with Crippen molar-refractivity contribution in [3.63, 3.8) is 0 Å². The van der Waals surface area contributed by atoms with Crippen molar-refractivity contribution >= 4 is 23.3 Å². The van der Waals surface area contributed by atoms with Crippen LogP contribution in [0.5, 0.6) is 17.4 Å². The molecule has 1 amide bonds. The molecule has 192 valence electrons. The number of carbonyl (C=O) groups excluding carboxylic acids is 1.